The van der Waals surface area contributed by atoms with E-state index in [1.807, 2.05) is 50.4 Å². The number of carbonyl (C=O) groups excluding carboxylic acids is 1. The molecule has 1 aromatic carbocycles. The molecular weight excluding hydrogens is 562 g/mol. The molecule has 3 aromatic rings. The van der Waals surface area contributed by atoms with Crippen molar-refractivity contribution in [1.82, 2.24) is 19.9 Å². The number of rotatable bonds is 13. The number of aromatic amines is 1. The minimum atomic E-state index is -0.198. The number of nitrogens with one attached hydrogen (secondary N) is 2. The molecule has 1 fully saturated rings. The lowest BCUT2D eigenvalue weighted by molar-refractivity contribution is -0.248. The van der Waals surface area contributed by atoms with Crippen molar-refractivity contribution in [3.63, 3.8) is 0 Å². The Kier molecular flexibility index (Phi) is 10.9. The van der Waals surface area contributed by atoms with Crippen LogP contribution in [-0.4, -0.2) is 40.3 Å². The summed E-state index contributed by atoms with van der Waals surface area (Å²) in [6.07, 6.45) is 3.16. The smallest absolute Gasteiger partial charge is 0.257 e. The Hall–Kier alpha value is -3.42. The van der Waals surface area contributed by atoms with Crippen LogP contribution in [0.4, 0.5) is 5.69 Å². The molecule has 1 aliphatic carbocycles. The van der Waals surface area contributed by atoms with Crippen LogP contribution in [0.3, 0.4) is 0 Å². The second kappa shape index (κ2) is 14.4. The molecule has 3 atom stereocenters. The lowest BCUT2D eigenvalue weighted by Gasteiger charge is -2.38. The Morgan fingerprint density at radius 2 is 2.00 bits per heavy atom. The number of H-pyrrole nitrogens is 1. The molecule has 9 nitrogen and oxygen atoms in total. The normalized spacial score (nSPS) is 20.9. The molecule has 232 valence electrons. The Bertz CT molecular complexity index is 1480. The molecule has 1 amide bonds. The summed E-state index contributed by atoms with van der Waals surface area (Å²) >= 11 is 1.25. The maximum absolute atomic E-state index is 12.6. The molecule has 43 heavy (non-hydrogen) atoms. The van der Waals surface area contributed by atoms with Crippen LogP contribution in [0.1, 0.15) is 75.9 Å². The first-order valence-electron chi connectivity index (χ1n) is 15.2. The van der Waals surface area contributed by atoms with Gasteiger partial charge < -0.3 is 14.9 Å². The largest absolute Gasteiger partial charge is 0.484 e. The number of fused-ring (bicyclic) bond motifs is 1. The van der Waals surface area contributed by atoms with Gasteiger partial charge in [0.25, 0.3) is 5.91 Å². The van der Waals surface area contributed by atoms with Crippen LogP contribution < -0.4 is 10.1 Å². The number of nitrogens with zero attached hydrogens (tertiary/aromatic N) is 3. The first-order valence-corrected chi connectivity index (χ1v) is 16.0. The van der Waals surface area contributed by atoms with Gasteiger partial charge in [0, 0.05) is 18.0 Å². The number of aromatic nitrogens is 3. The molecule has 3 unspecified atom stereocenters. The molecule has 2 aromatic heterocycles. The van der Waals surface area contributed by atoms with Crippen LogP contribution in [0, 0.1) is 44.1 Å². The van der Waals surface area contributed by atoms with Crippen molar-refractivity contribution in [3.8, 4) is 5.75 Å². The predicted octanol–water partition coefficient (Wildman–Crippen LogP) is 7.52. The lowest BCUT2D eigenvalue weighted by Crippen LogP contribution is -2.32. The molecule has 1 saturated carbocycles. The molecule has 0 aliphatic heterocycles. The number of aryl methyl sites for hydroxylation is 2. The third-order valence-corrected chi connectivity index (χ3v) is 9.29. The fourth-order valence-electron chi connectivity index (χ4n) is 6.35. The average molecular weight is 608 g/mol. The number of benzene rings is 1. The van der Waals surface area contributed by atoms with Crippen LogP contribution in [-0.2, 0) is 21.0 Å². The van der Waals surface area contributed by atoms with Gasteiger partial charge in [0.2, 0.25) is 5.69 Å². The summed E-state index contributed by atoms with van der Waals surface area (Å²) in [5.74, 6) is 3.39. The van der Waals surface area contributed by atoms with Crippen LogP contribution >= 0.6 is 11.8 Å². The average Bonchev–Trinajstić information content (AvgIpc) is 3.50. The van der Waals surface area contributed by atoms with Gasteiger partial charge in [-0.1, -0.05) is 45.4 Å². The summed E-state index contributed by atoms with van der Waals surface area (Å²) in [5, 5.41) is 7.38. The molecule has 0 radical (unpaired) electrons. The molecule has 2 heterocycles. The maximum Gasteiger partial charge on any atom is 0.257 e. The van der Waals surface area contributed by atoms with E-state index in [2.05, 4.69) is 42.6 Å². The summed E-state index contributed by atoms with van der Waals surface area (Å²) in [7, 11) is 0. The van der Waals surface area contributed by atoms with E-state index in [1.165, 1.54) is 24.6 Å². The zero-order chi connectivity index (χ0) is 31.3. The number of ether oxygens (including phenoxy) is 1. The molecule has 0 spiro atoms. The van der Waals surface area contributed by atoms with Crippen molar-refractivity contribution in [3.05, 3.63) is 63.8 Å². The third kappa shape index (κ3) is 7.76. The van der Waals surface area contributed by atoms with E-state index in [1.54, 1.807) is 0 Å². The van der Waals surface area contributed by atoms with Crippen molar-refractivity contribution in [2.75, 3.05) is 19.8 Å². The first kappa shape index (κ1) is 32.5. The summed E-state index contributed by atoms with van der Waals surface area (Å²) in [4.78, 5) is 32.0. The summed E-state index contributed by atoms with van der Waals surface area (Å²) in [5.41, 5.74) is 4.40. The fourth-order valence-corrected chi connectivity index (χ4v) is 7.13. The Balaban J connectivity index is 1.55. The van der Waals surface area contributed by atoms with Crippen LogP contribution in [0.5, 0.6) is 5.75 Å². The van der Waals surface area contributed by atoms with Crippen molar-refractivity contribution in [1.29, 1.82) is 0 Å². The van der Waals surface area contributed by atoms with E-state index in [0.717, 1.165) is 34.6 Å². The van der Waals surface area contributed by atoms with Gasteiger partial charge >= 0.3 is 0 Å². The van der Waals surface area contributed by atoms with Crippen molar-refractivity contribution < 1.29 is 19.3 Å². The molecule has 0 bridgehead atoms. The second-order valence-electron chi connectivity index (χ2n) is 12.1. The van der Waals surface area contributed by atoms with Gasteiger partial charge in [0.05, 0.1) is 13.2 Å². The third-order valence-electron chi connectivity index (χ3n) is 8.43. The molecule has 1 aliphatic rings. The van der Waals surface area contributed by atoms with Crippen LogP contribution in [0.15, 0.2) is 34.9 Å². The number of amides is 1. The van der Waals surface area contributed by atoms with E-state index in [0.29, 0.717) is 58.4 Å². The van der Waals surface area contributed by atoms with Gasteiger partial charge in [-0.3, -0.25) is 9.89 Å². The van der Waals surface area contributed by atoms with Gasteiger partial charge in [0.15, 0.2) is 11.7 Å². The molecule has 0 saturated heterocycles. The van der Waals surface area contributed by atoms with E-state index in [4.69, 9.17) is 26.1 Å². The zero-order valence-corrected chi connectivity index (χ0v) is 27.3. The van der Waals surface area contributed by atoms with Crippen molar-refractivity contribution >= 4 is 29.0 Å². The van der Waals surface area contributed by atoms with Crippen LogP contribution in [0.25, 0.3) is 10.5 Å². The van der Waals surface area contributed by atoms with Gasteiger partial charge in [-0.15, -0.1) is 0 Å². The minimum absolute atomic E-state index is 0.0614. The number of thioether (sulfide) groups is 1. The highest BCUT2D eigenvalue weighted by Crippen LogP contribution is 2.45. The number of carbonyl (C=O) groups is 1. The monoisotopic (exact) mass is 607 g/mol. The summed E-state index contributed by atoms with van der Waals surface area (Å²) < 4.78 is 7.61. The van der Waals surface area contributed by atoms with E-state index in [-0.39, 0.29) is 18.4 Å². The van der Waals surface area contributed by atoms with Gasteiger partial charge in [0.1, 0.15) is 22.2 Å². The van der Waals surface area contributed by atoms with E-state index in [9.17, 15) is 4.79 Å². The fraction of sp³-hybridized carbons (Fsp3) is 0.545. The number of hydrogen-bond acceptors (Lipinski definition) is 6. The number of hydrogen-bond donors (Lipinski definition) is 2. The topological polar surface area (TPSA) is 94.2 Å². The minimum Gasteiger partial charge on any atom is -0.484 e. The SMILES string of the molecule is [C-]#[N+]c1c(CC2C(C)CC(C)CC2C)c2nc(C(C)CNC(=O)COc3ccc(C)cc3C)[nH]n2c1SC(=C)OOCC. The quantitative estimate of drug-likeness (QED) is 0.0686. The van der Waals surface area contributed by atoms with E-state index >= 15 is 0 Å². The first-order chi connectivity index (χ1) is 20.5. The Morgan fingerprint density at radius 3 is 2.65 bits per heavy atom. The van der Waals surface area contributed by atoms with Gasteiger partial charge in [-0.05, 0) is 93.7 Å². The maximum atomic E-state index is 12.6. The highest BCUT2D eigenvalue weighted by Gasteiger charge is 2.34. The highest BCUT2D eigenvalue weighted by atomic mass is 32.2. The standard InChI is InChI=1S/C33H45N5O4S/c1-10-41-42-25(8)43-33-30(34-9)27(16-26-21(4)14-20(3)15-22(26)5)32-36-31(37-38(32)33)24(7)17-35-29(39)18-40-28-12-11-19(2)13-23(28)6/h11-13,20-22,24,26H,8,10,14-18H2,1-7H3,(H,35,39)(H,36,37). The van der Waals surface area contributed by atoms with E-state index < -0.39 is 0 Å². The van der Waals surface area contributed by atoms with Crippen LogP contribution in [0.2, 0.25) is 0 Å². The van der Waals surface area contributed by atoms with Crippen molar-refractivity contribution in [2.24, 2.45) is 23.7 Å². The Morgan fingerprint density at radius 1 is 1.28 bits per heavy atom. The van der Waals surface area contributed by atoms with Crippen molar-refractivity contribution in [2.45, 2.75) is 78.7 Å². The zero-order valence-electron chi connectivity index (χ0n) is 26.5. The lowest BCUT2D eigenvalue weighted by atomic mass is 9.67. The second-order valence-corrected chi connectivity index (χ2v) is 13.2. The van der Waals surface area contributed by atoms with Gasteiger partial charge in [-0.2, -0.15) is 4.89 Å². The molecule has 10 heteroatoms. The Labute approximate surface area is 259 Å². The molecule has 2 N–H and O–H groups in total. The summed E-state index contributed by atoms with van der Waals surface area (Å²) in [6, 6.07) is 5.89. The highest BCUT2D eigenvalue weighted by molar-refractivity contribution is 8.03. The molecule has 4 rings (SSSR count). The molecular formula is C33H45N5O4S. The van der Waals surface area contributed by atoms with Gasteiger partial charge in [-0.25, -0.2) is 14.3 Å². The summed E-state index contributed by atoms with van der Waals surface area (Å²) in [6.45, 7) is 27.6. The predicted molar refractivity (Wildman–Crippen MR) is 170 cm³/mol.